The lowest BCUT2D eigenvalue weighted by atomic mass is 10.0. The van der Waals surface area contributed by atoms with Gasteiger partial charge in [-0.15, -0.1) is 0 Å². The van der Waals surface area contributed by atoms with Crippen molar-refractivity contribution in [2.24, 2.45) is 0 Å². The van der Waals surface area contributed by atoms with E-state index in [0.29, 0.717) is 25.9 Å². The van der Waals surface area contributed by atoms with E-state index in [1.54, 1.807) is 0 Å². The summed E-state index contributed by atoms with van der Waals surface area (Å²) >= 11 is -2.10. The van der Waals surface area contributed by atoms with E-state index in [1.165, 1.54) is 12.1 Å². The van der Waals surface area contributed by atoms with Crippen LogP contribution in [0.25, 0.3) is 0 Å². The highest BCUT2D eigenvalue weighted by atomic mass is 32.2. The zero-order chi connectivity index (χ0) is 19.5. The summed E-state index contributed by atoms with van der Waals surface area (Å²) in [6, 6.07) is 3.43. The summed E-state index contributed by atoms with van der Waals surface area (Å²) in [4.78, 5) is 1.86. The van der Waals surface area contributed by atoms with Crippen LogP contribution >= 0.6 is 0 Å². The average Bonchev–Trinajstić information content (AvgIpc) is 2.50. The highest BCUT2D eigenvalue weighted by Crippen LogP contribution is 2.27. The van der Waals surface area contributed by atoms with E-state index in [2.05, 4.69) is 5.32 Å². The number of piperidine rings is 1. The summed E-state index contributed by atoms with van der Waals surface area (Å²) in [7, 11) is -2.19. The van der Waals surface area contributed by atoms with Crippen molar-refractivity contribution in [1.29, 1.82) is 0 Å². The topological polar surface area (TPSA) is 75.6 Å². The van der Waals surface area contributed by atoms with E-state index >= 15 is 0 Å². The molecular formula is C17H27F2N2O3SSi-. The zero-order valence-corrected chi connectivity index (χ0v) is 17.2. The molecule has 0 aliphatic carbocycles. The van der Waals surface area contributed by atoms with Crippen LogP contribution in [0.3, 0.4) is 0 Å². The first-order valence-corrected chi connectivity index (χ1v) is 13.5. The van der Waals surface area contributed by atoms with Crippen molar-refractivity contribution in [1.82, 2.24) is 10.2 Å². The molecule has 1 aliphatic rings. The van der Waals surface area contributed by atoms with Crippen molar-refractivity contribution in [2.75, 3.05) is 19.0 Å². The summed E-state index contributed by atoms with van der Waals surface area (Å²) in [6.07, 6.45) is 1.48. The van der Waals surface area contributed by atoms with Crippen LogP contribution in [0.5, 0.6) is 0 Å². The number of aliphatic hydroxyl groups is 1. The minimum absolute atomic E-state index is 0.0196. The molecule has 9 heteroatoms. The van der Waals surface area contributed by atoms with Gasteiger partial charge in [0, 0.05) is 31.6 Å². The molecule has 1 heterocycles. The van der Waals surface area contributed by atoms with Gasteiger partial charge in [-0.25, -0.2) is 8.78 Å². The smallest absolute Gasteiger partial charge is 0.129 e. The van der Waals surface area contributed by atoms with Gasteiger partial charge in [-0.1, -0.05) is 25.7 Å². The Hall–Kier alpha value is -0.713. The maximum absolute atomic E-state index is 14.1. The Morgan fingerprint density at radius 2 is 1.96 bits per heavy atom. The Morgan fingerprint density at radius 1 is 1.35 bits per heavy atom. The average molecular weight is 406 g/mol. The summed E-state index contributed by atoms with van der Waals surface area (Å²) in [5.41, 5.74) is 0.281. The van der Waals surface area contributed by atoms with Gasteiger partial charge in [-0.05, 0) is 35.6 Å². The third-order valence-electron chi connectivity index (χ3n) is 5.02. The van der Waals surface area contributed by atoms with E-state index in [9.17, 15) is 22.6 Å². The van der Waals surface area contributed by atoms with E-state index in [4.69, 9.17) is 0 Å². The van der Waals surface area contributed by atoms with Crippen LogP contribution in [0.15, 0.2) is 18.2 Å². The molecule has 2 atom stereocenters. The van der Waals surface area contributed by atoms with Crippen LogP contribution in [-0.4, -0.2) is 57.2 Å². The molecule has 0 amide bonds. The van der Waals surface area contributed by atoms with Crippen LogP contribution < -0.4 is 5.32 Å². The van der Waals surface area contributed by atoms with E-state index in [-0.39, 0.29) is 23.9 Å². The molecule has 0 aromatic heterocycles. The lowest BCUT2D eigenvalue weighted by Gasteiger charge is -2.44. The molecule has 1 fully saturated rings. The highest BCUT2D eigenvalue weighted by Gasteiger charge is 2.43. The quantitative estimate of drug-likeness (QED) is 0.412. The maximum atomic E-state index is 14.1. The molecule has 1 aliphatic heterocycles. The molecule has 26 heavy (non-hydrogen) atoms. The molecular weight excluding hydrogens is 378 g/mol. The van der Waals surface area contributed by atoms with Crippen molar-refractivity contribution in [2.45, 2.75) is 50.3 Å². The summed E-state index contributed by atoms with van der Waals surface area (Å²) in [5.74, 6) is -1.28. The third-order valence-corrected chi connectivity index (χ3v) is 8.40. The Balaban J connectivity index is 2.09. The molecule has 1 saturated heterocycles. The van der Waals surface area contributed by atoms with E-state index < -0.39 is 36.1 Å². The first kappa shape index (κ1) is 21.6. The summed E-state index contributed by atoms with van der Waals surface area (Å²) in [6.45, 7) is 7.24. The SMILES string of the molecule is C[Si](C)(C)C(O)(Cc1ccc(F)cc1F)NC1CCN(CS(=O)[O-])CC1. The Morgan fingerprint density at radius 3 is 2.46 bits per heavy atom. The fourth-order valence-electron chi connectivity index (χ4n) is 3.17. The van der Waals surface area contributed by atoms with Gasteiger partial charge in [0.1, 0.15) is 25.1 Å². The van der Waals surface area contributed by atoms with Crippen LogP contribution in [0, 0.1) is 11.6 Å². The number of nitrogens with zero attached hydrogens (tertiary/aromatic N) is 1. The van der Waals surface area contributed by atoms with Crippen LogP contribution in [0.2, 0.25) is 19.6 Å². The molecule has 5 nitrogen and oxygen atoms in total. The number of nitrogens with one attached hydrogen (secondary N) is 1. The van der Waals surface area contributed by atoms with Crippen molar-refractivity contribution in [3.05, 3.63) is 35.4 Å². The molecule has 0 saturated carbocycles. The number of halogens is 2. The van der Waals surface area contributed by atoms with Gasteiger partial charge in [-0.3, -0.25) is 14.4 Å². The summed E-state index contributed by atoms with van der Waals surface area (Å²) in [5, 5.41) is 13.4. The molecule has 148 valence electrons. The van der Waals surface area contributed by atoms with Crippen molar-refractivity contribution < 1.29 is 22.6 Å². The predicted molar refractivity (Wildman–Crippen MR) is 99.9 cm³/mol. The van der Waals surface area contributed by atoms with Gasteiger partial charge in [0.15, 0.2) is 0 Å². The Labute approximate surface area is 157 Å². The van der Waals surface area contributed by atoms with Gasteiger partial charge in [0.05, 0.1) is 5.88 Å². The molecule has 2 N–H and O–H groups in total. The Bertz CT molecular complexity index is 651. The zero-order valence-electron chi connectivity index (χ0n) is 15.4. The minimum Gasteiger partial charge on any atom is -0.771 e. The molecule has 0 spiro atoms. The van der Waals surface area contributed by atoms with Crippen LogP contribution in [-0.2, 0) is 17.5 Å². The largest absolute Gasteiger partial charge is 0.771 e. The second kappa shape index (κ2) is 8.53. The lowest BCUT2D eigenvalue weighted by Crippen LogP contribution is -2.67. The molecule has 2 rings (SSSR count). The number of likely N-dealkylation sites (tertiary alicyclic amines) is 1. The molecule has 0 bridgehead atoms. The van der Waals surface area contributed by atoms with E-state index in [1.807, 2.05) is 24.5 Å². The molecule has 1 aromatic carbocycles. The monoisotopic (exact) mass is 405 g/mol. The molecule has 1 aromatic rings. The summed E-state index contributed by atoms with van der Waals surface area (Å²) < 4.78 is 48.9. The fraction of sp³-hybridized carbons (Fsp3) is 0.647. The molecule has 0 radical (unpaired) electrons. The van der Waals surface area contributed by atoms with Gasteiger partial charge in [0.2, 0.25) is 0 Å². The second-order valence-corrected chi connectivity index (χ2v) is 14.2. The van der Waals surface area contributed by atoms with Gasteiger partial charge >= 0.3 is 0 Å². The standard InChI is InChI=1S/C17H28F2N2O3SSi/c1-26(2,3)17(22,11-13-4-5-14(18)10-16(13)19)20-15-6-8-21(9-7-15)12-25(23)24/h4-5,10,15,20,22H,6-9,11-12H2,1-3H3,(H,23,24)/p-1. The van der Waals surface area contributed by atoms with Gasteiger partial charge in [-0.2, -0.15) is 0 Å². The second-order valence-electron chi connectivity index (χ2n) is 7.99. The molecule has 2 unspecified atom stereocenters. The number of hydrogen-bond acceptors (Lipinski definition) is 5. The first-order chi connectivity index (χ1) is 12.0. The Kier molecular flexibility index (Phi) is 7.08. The van der Waals surface area contributed by atoms with Crippen molar-refractivity contribution >= 4 is 19.2 Å². The highest BCUT2D eigenvalue weighted by molar-refractivity contribution is 7.79. The van der Waals surface area contributed by atoms with Crippen LogP contribution in [0.1, 0.15) is 18.4 Å². The minimum atomic E-state index is -2.19. The van der Waals surface area contributed by atoms with Crippen molar-refractivity contribution in [3.63, 3.8) is 0 Å². The number of hydrogen-bond donors (Lipinski definition) is 2. The first-order valence-electron chi connectivity index (χ1n) is 8.72. The van der Waals surface area contributed by atoms with Crippen LogP contribution in [0.4, 0.5) is 8.78 Å². The fourth-order valence-corrected chi connectivity index (χ4v) is 5.08. The normalized spacial score (nSPS) is 20.7. The van der Waals surface area contributed by atoms with E-state index in [0.717, 1.165) is 6.07 Å². The van der Waals surface area contributed by atoms with Crippen molar-refractivity contribution in [3.8, 4) is 0 Å². The third kappa shape index (κ3) is 5.64. The number of rotatable bonds is 7. The maximum Gasteiger partial charge on any atom is 0.129 e. The number of benzene rings is 1. The predicted octanol–water partition coefficient (Wildman–Crippen LogP) is 1.96. The van der Waals surface area contributed by atoms with Gasteiger partial charge < -0.3 is 9.66 Å². The van der Waals surface area contributed by atoms with Gasteiger partial charge in [0.25, 0.3) is 0 Å². The lowest BCUT2D eigenvalue weighted by molar-refractivity contribution is 0.0514.